The second-order valence-corrected chi connectivity index (χ2v) is 4.14. The van der Waals surface area contributed by atoms with Crippen molar-refractivity contribution in [3.8, 4) is 0 Å². The lowest BCUT2D eigenvalue weighted by atomic mass is 10.0. The summed E-state index contributed by atoms with van der Waals surface area (Å²) in [4.78, 5) is 0. The fourth-order valence-electron chi connectivity index (χ4n) is 1.52. The van der Waals surface area contributed by atoms with Gasteiger partial charge in [0.25, 0.3) is 0 Å². The van der Waals surface area contributed by atoms with Crippen LogP contribution in [-0.2, 0) is 23.2 Å². The maximum absolute atomic E-state index is 8.74. The van der Waals surface area contributed by atoms with Crippen LogP contribution in [0, 0.1) is 0 Å². The summed E-state index contributed by atoms with van der Waals surface area (Å²) in [6.07, 6.45) is 2.10. The normalized spacial score (nSPS) is 10.4. The Balaban J connectivity index is 0.000000437. The Labute approximate surface area is 101 Å². The van der Waals surface area contributed by atoms with Crippen molar-refractivity contribution in [3.63, 3.8) is 0 Å². The molecule has 0 bridgehead atoms. The number of rotatable bonds is 3. The van der Waals surface area contributed by atoms with Gasteiger partial charge in [-0.1, -0.05) is 26.0 Å². The van der Waals surface area contributed by atoms with Crippen molar-refractivity contribution in [2.75, 3.05) is 5.43 Å². The van der Waals surface area contributed by atoms with E-state index in [4.69, 9.17) is 23.4 Å². The van der Waals surface area contributed by atoms with Crippen molar-refractivity contribution in [3.05, 3.63) is 29.3 Å². The Bertz CT molecular complexity index is 415. The Morgan fingerprint density at radius 2 is 1.76 bits per heavy atom. The van der Waals surface area contributed by atoms with Crippen LogP contribution >= 0.6 is 0 Å². The zero-order chi connectivity index (χ0) is 13.5. The van der Waals surface area contributed by atoms with Gasteiger partial charge in [-0.3, -0.25) is 14.9 Å². The first kappa shape index (κ1) is 15.9. The standard InChI is InChI=1S/C10H16N2.H2O4S/c1-3-8-6-5-7-10(12-11)9(8)4-2;1-5(2,3)4/h5-7,12H,3-4,11H2,1-2H3;(H2,1,2,3,4). The van der Waals surface area contributed by atoms with E-state index in [1.165, 1.54) is 11.1 Å². The Morgan fingerprint density at radius 1 is 1.24 bits per heavy atom. The van der Waals surface area contributed by atoms with Gasteiger partial charge in [0.05, 0.1) is 5.69 Å². The highest BCUT2D eigenvalue weighted by Gasteiger charge is 2.02. The van der Waals surface area contributed by atoms with Crippen LogP contribution in [-0.4, -0.2) is 17.5 Å². The molecule has 0 aliphatic heterocycles. The van der Waals surface area contributed by atoms with E-state index in [0.717, 1.165) is 18.5 Å². The van der Waals surface area contributed by atoms with Crippen molar-refractivity contribution < 1.29 is 17.5 Å². The van der Waals surface area contributed by atoms with Gasteiger partial charge in [0.2, 0.25) is 0 Å². The van der Waals surface area contributed by atoms with Crippen molar-refractivity contribution >= 4 is 16.1 Å². The SMILES string of the molecule is CCc1cccc(NN)c1CC.O=S(=O)(O)O. The molecule has 0 aliphatic rings. The lowest BCUT2D eigenvalue weighted by molar-refractivity contribution is 0.381. The zero-order valence-electron chi connectivity index (χ0n) is 9.84. The van der Waals surface area contributed by atoms with Crippen molar-refractivity contribution in [1.82, 2.24) is 0 Å². The molecule has 0 atom stereocenters. The van der Waals surface area contributed by atoms with Gasteiger partial charge in [-0.2, -0.15) is 8.42 Å². The van der Waals surface area contributed by atoms with E-state index in [2.05, 4.69) is 25.3 Å². The number of nitrogens with two attached hydrogens (primary N) is 1. The maximum atomic E-state index is 8.74. The summed E-state index contributed by atoms with van der Waals surface area (Å²) in [7, 11) is -4.67. The third-order valence-corrected chi connectivity index (χ3v) is 2.16. The fraction of sp³-hybridized carbons (Fsp3) is 0.400. The molecule has 7 heteroatoms. The predicted octanol–water partition coefficient (Wildman–Crippen LogP) is 1.44. The number of anilines is 1. The monoisotopic (exact) mass is 262 g/mol. The lowest BCUT2D eigenvalue weighted by Crippen LogP contribution is -2.10. The Kier molecular flexibility index (Phi) is 6.74. The van der Waals surface area contributed by atoms with Gasteiger partial charge in [0.15, 0.2) is 0 Å². The molecule has 17 heavy (non-hydrogen) atoms. The third kappa shape index (κ3) is 6.90. The van der Waals surface area contributed by atoms with Crippen LogP contribution in [0.15, 0.2) is 18.2 Å². The molecule has 0 unspecified atom stereocenters. The molecule has 0 fully saturated rings. The van der Waals surface area contributed by atoms with Crippen molar-refractivity contribution in [1.29, 1.82) is 0 Å². The minimum absolute atomic E-state index is 1.03. The second kappa shape index (κ2) is 7.23. The molecule has 0 saturated heterocycles. The van der Waals surface area contributed by atoms with Crippen LogP contribution in [0.2, 0.25) is 0 Å². The number of nitrogen functional groups attached to an aromatic ring is 1. The smallest absolute Gasteiger partial charge is 0.324 e. The molecule has 0 radical (unpaired) electrons. The van der Waals surface area contributed by atoms with Crippen LogP contribution in [0.4, 0.5) is 5.69 Å². The summed E-state index contributed by atoms with van der Waals surface area (Å²) >= 11 is 0. The molecule has 1 aromatic carbocycles. The minimum Gasteiger partial charge on any atom is -0.324 e. The second-order valence-electron chi connectivity index (χ2n) is 3.24. The van der Waals surface area contributed by atoms with E-state index < -0.39 is 10.4 Å². The molecule has 6 nitrogen and oxygen atoms in total. The predicted molar refractivity (Wildman–Crippen MR) is 67.2 cm³/mol. The van der Waals surface area contributed by atoms with E-state index in [1.54, 1.807) is 0 Å². The van der Waals surface area contributed by atoms with Crippen molar-refractivity contribution in [2.45, 2.75) is 26.7 Å². The van der Waals surface area contributed by atoms with Crippen LogP contribution in [0.5, 0.6) is 0 Å². The van der Waals surface area contributed by atoms with Gasteiger partial charge in [-0.05, 0) is 30.0 Å². The third-order valence-electron chi connectivity index (χ3n) is 2.16. The number of hydrazine groups is 1. The van der Waals surface area contributed by atoms with E-state index in [-0.39, 0.29) is 0 Å². The van der Waals surface area contributed by atoms with Gasteiger partial charge in [0, 0.05) is 0 Å². The fourth-order valence-corrected chi connectivity index (χ4v) is 1.52. The zero-order valence-corrected chi connectivity index (χ0v) is 10.7. The number of aryl methyl sites for hydroxylation is 1. The molecule has 0 aliphatic carbocycles. The van der Waals surface area contributed by atoms with Gasteiger partial charge in [0.1, 0.15) is 0 Å². The minimum atomic E-state index is -4.67. The molecule has 5 N–H and O–H groups in total. The highest BCUT2D eigenvalue weighted by atomic mass is 32.3. The highest BCUT2D eigenvalue weighted by molar-refractivity contribution is 7.79. The van der Waals surface area contributed by atoms with E-state index in [1.807, 2.05) is 12.1 Å². The molecule has 98 valence electrons. The highest BCUT2D eigenvalue weighted by Crippen LogP contribution is 2.19. The average molecular weight is 262 g/mol. The van der Waals surface area contributed by atoms with Crippen LogP contribution in [0.25, 0.3) is 0 Å². The average Bonchev–Trinajstić information content (AvgIpc) is 2.25. The van der Waals surface area contributed by atoms with E-state index >= 15 is 0 Å². The number of nitrogens with one attached hydrogen (secondary N) is 1. The number of benzene rings is 1. The Hall–Kier alpha value is -1.15. The molecule has 0 aromatic heterocycles. The van der Waals surface area contributed by atoms with Crippen molar-refractivity contribution in [2.24, 2.45) is 5.84 Å². The van der Waals surface area contributed by atoms with E-state index in [9.17, 15) is 0 Å². The number of hydrogen-bond acceptors (Lipinski definition) is 4. The number of hydrogen-bond donors (Lipinski definition) is 4. The van der Waals surface area contributed by atoms with Gasteiger partial charge >= 0.3 is 10.4 Å². The summed E-state index contributed by atoms with van der Waals surface area (Å²) < 4.78 is 31.6. The largest absolute Gasteiger partial charge is 0.394 e. The molecule has 0 heterocycles. The molecule has 1 aromatic rings. The van der Waals surface area contributed by atoms with Gasteiger partial charge < -0.3 is 5.43 Å². The summed E-state index contributed by atoms with van der Waals surface area (Å²) in [5.74, 6) is 5.40. The first-order valence-corrected chi connectivity index (χ1v) is 6.50. The maximum Gasteiger partial charge on any atom is 0.394 e. The first-order chi connectivity index (χ1) is 7.83. The summed E-state index contributed by atoms with van der Waals surface area (Å²) in [6.45, 7) is 4.31. The van der Waals surface area contributed by atoms with Crippen LogP contribution < -0.4 is 11.3 Å². The lowest BCUT2D eigenvalue weighted by Gasteiger charge is -2.10. The van der Waals surface area contributed by atoms with E-state index in [0.29, 0.717) is 0 Å². The summed E-state index contributed by atoms with van der Waals surface area (Å²) in [5.41, 5.74) is 6.49. The quantitative estimate of drug-likeness (QED) is 0.372. The van der Waals surface area contributed by atoms with Gasteiger partial charge in [-0.15, -0.1) is 0 Å². The summed E-state index contributed by atoms with van der Waals surface area (Å²) in [5, 5.41) is 0. The molecular formula is C10H18N2O4S. The molecule has 0 amide bonds. The molecule has 1 rings (SSSR count). The molecular weight excluding hydrogens is 244 g/mol. The Morgan fingerprint density at radius 3 is 2.12 bits per heavy atom. The summed E-state index contributed by atoms with van der Waals surface area (Å²) in [6, 6.07) is 6.20. The van der Waals surface area contributed by atoms with Crippen LogP contribution in [0.3, 0.4) is 0 Å². The molecule has 0 spiro atoms. The topological polar surface area (TPSA) is 113 Å². The van der Waals surface area contributed by atoms with Gasteiger partial charge in [-0.25, -0.2) is 0 Å². The molecule has 0 saturated carbocycles. The van der Waals surface area contributed by atoms with Crippen LogP contribution in [0.1, 0.15) is 25.0 Å². The first-order valence-electron chi connectivity index (χ1n) is 5.10.